The fraction of sp³-hybridized carbons (Fsp3) is 0.379. The zero-order chi connectivity index (χ0) is 26.8. The third-order valence-electron chi connectivity index (χ3n) is 6.43. The fourth-order valence-corrected chi connectivity index (χ4v) is 5.08. The van der Waals surface area contributed by atoms with E-state index in [0.29, 0.717) is 23.5 Å². The first-order chi connectivity index (χ1) is 17.6. The molecular weight excluding hydrogens is 466 g/mol. The van der Waals surface area contributed by atoms with Crippen molar-refractivity contribution >= 4 is 39.7 Å². The second-order valence-corrected chi connectivity index (χ2v) is 10.5. The van der Waals surface area contributed by atoms with E-state index in [4.69, 9.17) is 9.40 Å². The Bertz CT molecular complexity index is 1560. The number of carbonyl (C=O) groups excluding carboxylic acids is 2. The van der Waals surface area contributed by atoms with Crippen molar-refractivity contribution in [3.8, 4) is 11.5 Å². The van der Waals surface area contributed by atoms with Crippen molar-refractivity contribution in [3.63, 3.8) is 0 Å². The Labute approximate surface area is 216 Å². The van der Waals surface area contributed by atoms with Gasteiger partial charge in [0.05, 0.1) is 17.3 Å². The summed E-state index contributed by atoms with van der Waals surface area (Å²) in [4.78, 5) is 32.6. The smallest absolute Gasteiger partial charge is 0.319 e. The molecule has 2 aromatic rings. The molecule has 2 aromatic carbocycles. The van der Waals surface area contributed by atoms with E-state index in [0.717, 1.165) is 40.4 Å². The van der Waals surface area contributed by atoms with E-state index in [1.54, 1.807) is 6.08 Å². The lowest BCUT2D eigenvalue weighted by Gasteiger charge is -2.32. The minimum Gasteiger partial charge on any atom is -0.452 e. The summed E-state index contributed by atoms with van der Waals surface area (Å²) in [5.74, 6) is 0.682. The van der Waals surface area contributed by atoms with Crippen LogP contribution in [0.4, 0.5) is 10.5 Å². The Balaban J connectivity index is 1.76. The standard InChI is InChI=1S/C29H33N5O3/c1-7-34(8-2)19-13-14-22-24(15-19)37-25-16-23(20-11-9-10-12-21(20)26(25)31-22)32-27(36)33-29(5,6)17-28(3,4)30-18-35/h9-16H,7-8,17H2,1-6H3,(H,33,36)/p+1. The molecule has 37 heavy (non-hydrogen) atoms. The molecule has 8 heteroatoms. The van der Waals surface area contributed by atoms with E-state index in [2.05, 4.69) is 40.1 Å². The number of amides is 2. The Morgan fingerprint density at radius 2 is 1.76 bits per heavy atom. The Morgan fingerprint density at radius 1 is 1.05 bits per heavy atom. The summed E-state index contributed by atoms with van der Waals surface area (Å²) in [5.41, 5.74) is 1.44. The van der Waals surface area contributed by atoms with Gasteiger partial charge in [0.15, 0.2) is 11.3 Å². The van der Waals surface area contributed by atoms with Gasteiger partial charge in [-0.3, -0.25) is 0 Å². The van der Waals surface area contributed by atoms with Gasteiger partial charge in [-0.25, -0.2) is 19.1 Å². The molecule has 0 bridgehead atoms. The van der Waals surface area contributed by atoms with Gasteiger partial charge in [0, 0.05) is 28.4 Å². The molecular formula is C29H34N5O3+. The van der Waals surface area contributed by atoms with E-state index in [1.165, 1.54) is 0 Å². The average Bonchev–Trinajstić information content (AvgIpc) is 2.82. The van der Waals surface area contributed by atoms with Gasteiger partial charge in [-0.15, -0.1) is 0 Å². The normalized spacial score (nSPS) is 11.9. The predicted octanol–water partition coefficient (Wildman–Crippen LogP) is 5.30. The summed E-state index contributed by atoms with van der Waals surface area (Å²) in [7, 11) is 0. The van der Waals surface area contributed by atoms with Gasteiger partial charge >= 0.3 is 6.03 Å². The van der Waals surface area contributed by atoms with Crippen LogP contribution in [0.25, 0.3) is 33.3 Å². The quantitative estimate of drug-likeness (QED) is 0.118. The molecule has 1 aliphatic carbocycles. The number of hydrogen-bond acceptors (Lipinski definition) is 5. The van der Waals surface area contributed by atoms with E-state index < -0.39 is 11.1 Å². The number of nitrogens with zero attached hydrogens (tertiary/aromatic N) is 3. The lowest BCUT2D eigenvalue weighted by Crippen LogP contribution is -2.49. The third-order valence-corrected chi connectivity index (χ3v) is 6.43. The number of hydrogen-bond donors (Lipinski definition) is 2. The van der Waals surface area contributed by atoms with Crippen LogP contribution in [0.3, 0.4) is 0 Å². The van der Waals surface area contributed by atoms with Crippen LogP contribution in [-0.2, 0) is 4.79 Å². The molecule has 0 unspecified atom stereocenters. The zero-order valence-corrected chi connectivity index (χ0v) is 22.3. The molecule has 0 atom stereocenters. The van der Waals surface area contributed by atoms with Crippen LogP contribution < -0.4 is 20.6 Å². The summed E-state index contributed by atoms with van der Waals surface area (Å²) >= 11 is 0. The first-order valence-electron chi connectivity index (χ1n) is 12.6. The molecule has 2 N–H and O–H groups in total. The van der Waals surface area contributed by atoms with Crippen LogP contribution in [0.15, 0.2) is 57.9 Å². The monoisotopic (exact) mass is 500 g/mol. The van der Waals surface area contributed by atoms with Crippen molar-refractivity contribution in [2.24, 2.45) is 4.99 Å². The maximum atomic E-state index is 13.1. The minimum atomic E-state index is -0.649. The number of carbonyl (C=O) groups is 1. The molecule has 1 heterocycles. The predicted molar refractivity (Wildman–Crippen MR) is 148 cm³/mol. The summed E-state index contributed by atoms with van der Waals surface area (Å²) in [5, 5.41) is 8.81. The summed E-state index contributed by atoms with van der Waals surface area (Å²) in [6.45, 7) is 13.5. The minimum absolute atomic E-state index is 0.363. The van der Waals surface area contributed by atoms with E-state index in [-0.39, 0.29) is 6.03 Å². The summed E-state index contributed by atoms with van der Waals surface area (Å²) in [6.07, 6.45) is 2.08. The average molecular weight is 501 g/mol. The first-order valence-corrected chi connectivity index (χ1v) is 12.6. The highest BCUT2D eigenvalue weighted by atomic mass is 16.3. The molecule has 2 aliphatic rings. The molecule has 8 nitrogen and oxygen atoms in total. The van der Waals surface area contributed by atoms with Crippen molar-refractivity contribution in [2.75, 3.05) is 18.4 Å². The Kier molecular flexibility index (Phi) is 7.14. The molecule has 0 fully saturated rings. The molecule has 4 rings (SSSR count). The molecule has 0 saturated carbocycles. The van der Waals surface area contributed by atoms with Crippen LogP contribution >= 0.6 is 0 Å². The van der Waals surface area contributed by atoms with Gasteiger partial charge in [0.2, 0.25) is 11.4 Å². The van der Waals surface area contributed by atoms with Crippen molar-refractivity contribution in [1.29, 1.82) is 0 Å². The molecule has 192 valence electrons. The fourth-order valence-electron chi connectivity index (χ4n) is 5.08. The number of urea groups is 1. The number of nitrogens with one attached hydrogen (secondary N) is 2. The van der Waals surface area contributed by atoms with Crippen LogP contribution in [0.1, 0.15) is 48.0 Å². The number of fused-ring (bicyclic) bond motifs is 4. The number of rotatable bonds is 7. The topological polar surface area (TPSA) is 99.6 Å². The number of aromatic nitrogens is 1. The highest BCUT2D eigenvalue weighted by Crippen LogP contribution is 2.34. The largest absolute Gasteiger partial charge is 0.452 e. The Hall–Kier alpha value is -4.03. The van der Waals surface area contributed by atoms with Crippen molar-refractivity contribution in [3.05, 3.63) is 53.9 Å². The zero-order valence-electron chi connectivity index (χ0n) is 22.3. The van der Waals surface area contributed by atoms with Crippen LogP contribution in [0, 0.1) is 0 Å². The molecule has 0 saturated heterocycles. The second-order valence-electron chi connectivity index (χ2n) is 10.5. The SMILES string of the molecule is CC[N+](CC)=c1ccc2nc3c(cc(NC(=O)NC(C)(C)CC(C)(C)N=C=O)c4ccccc43)oc-2c1. The van der Waals surface area contributed by atoms with Gasteiger partial charge in [0.25, 0.3) is 0 Å². The van der Waals surface area contributed by atoms with Crippen LogP contribution in [0.5, 0.6) is 0 Å². The molecule has 2 amide bonds. The lowest BCUT2D eigenvalue weighted by atomic mass is 9.87. The van der Waals surface area contributed by atoms with Gasteiger partial charge < -0.3 is 15.1 Å². The van der Waals surface area contributed by atoms with Gasteiger partial charge in [-0.1, -0.05) is 24.3 Å². The highest BCUT2D eigenvalue weighted by Gasteiger charge is 2.30. The third kappa shape index (κ3) is 5.70. The summed E-state index contributed by atoms with van der Waals surface area (Å²) in [6, 6.07) is 15.3. The van der Waals surface area contributed by atoms with Crippen molar-refractivity contribution in [2.45, 2.75) is 59.0 Å². The van der Waals surface area contributed by atoms with Crippen molar-refractivity contribution in [1.82, 2.24) is 14.9 Å². The van der Waals surface area contributed by atoms with Crippen molar-refractivity contribution < 1.29 is 14.0 Å². The van der Waals surface area contributed by atoms with E-state index >= 15 is 0 Å². The molecule has 0 spiro atoms. The second kappa shape index (κ2) is 10.1. The number of anilines is 1. The van der Waals surface area contributed by atoms with Gasteiger partial charge in [-0.2, -0.15) is 4.99 Å². The highest BCUT2D eigenvalue weighted by molar-refractivity contribution is 6.12. The molecule has 0 radical (unpaired) electrons. The molecule has 0 aromatic heterocycles. The van der Waals surface area contributed by atoms with E-state index in [1.807, 2.05) is 70.2 Å². The number of isocyanates is 1. The maximum Gasteiger partial charge on any atom is 0.319 e. The van der Waals surface area contributed by atoms with Crippen LogP contribution in [0.2, 0.25) is 0 Å². The summed E-state index contributed by atoms with van der Waals surface area (Å²) < 4.78 is 8.59. The first kappa shape index (κ1) is 26.0. The van der Waals surface area contributed by atoms with E-state index in [9.17, 15) is 9.59 Å². The van der Waals surface area contributed by atoms with Crippen LogP contribution in [-0.4, -0.2) is 41.3 Å². The number of aliphatic imine (C=N–C) groups is 1. The lowest BCUT2D eigenvalue weighted by molar-refractivity contribution is 0.232. The molecule has 1 aliphatic heterocycles. The maximum absolute atomic E-state index is 13.1. The van der Waals surface area contributed by atoms with Gasteiger partial charge in [0.1, 0.15) is 24.3 Å². The Morgan fingerprint density at radius 3 is 2.43 bits per heavy atom. The number of benzene rings is 3. The van der Waals surface area contributed by atoms with Gasteiger partial charge in [-0.05, 0) is 54.0 Å².